The van der Waals surface area contributed by atoms with Crippen molar-refractivity contribution in [2.45, 2.75) is 187 Å². The molecule has 0 spiro atoms. The predicted octanol–water partition coefficient (Wildman–Crippen LogP) is 12.7. The maximum Gasteiger partial charge on any atom is 0.268 e. The molecule has 0 aliphatic carbocycles. The SMILES string of the molecule is CC/C=C\C/C=C\C/C=C\C/C=C\C/C=C\CCCCCCCC(=O)NC(COP(=O)([O-])OCC[N+](C)(C)C)C(O)/C=C/CC/C=C/CCCCCCCCCCCC. The average molecular weight is 845 g/mol. The molecule has 0 saturated heterocycles. The second-order valence-electron chi connectivity index (χ2n) is 16.7. The molecule has 3 atom stereocenters. The highest BCUT2D eigenvalue weighted by molar-refractivity contribution is 7.45. The summed E-state index contributed by atoms with van der Waals surface area (Å²) in [6.07, 6.45) is 56.3. The van der Waals surface area contributed by atoms with Crippen LogP contribution in [0.4, 0.5) is 0 Å². The molecular formula is C50H89N2O6P. The Hall–Kier alpha value is -2.32. The summed E-state index contributed by atoms with van der Waals surface area (Å²) in [6.45, 7) is 4.47. The van der Waals surface area contributed by atoms with Crippen molar-refractivity contribution in [3.05, 3.63) is 85.1 Å². The zero-order chi connectivity index (χ0) is 43.6. The lowest BCUT2D eigenvalue weighted by Gasteiger charge is -2.29. The predicted molar refractivity (Wildman–Crippen MR) is 251 cm³/mol. The zero-order valence-corrected chi connectivity index (χ0v) is 39.3. The number of aliphatic hydroxyl groups excluding tert-OH is 1. The first-order chi connectivity index (χ1) is 28.5. The largest absolute Gasteiger partial charge is 0.756 e. The van der Waals surface area contributed by atoms with Gasteiger partial charge in [-0.1, -0.05) is 176 Å². The molecular weight excluding hydrogens is 756 g/mol. The monoisotopic (exact) mass is 845 g/mol. The molecule has 0 aromatic rings. The van der Waals surface area contributed by atoms with E-state index in [1.165, 1.54) is 64.2 Å². The Kier molecular flexibility index (Phi) is 39.4. The number of carbonyl (C=O) groups is 1. The quantitative estimate of drug-likeness (QED) is 0.0275. The van der Waals surface area contributed by atoms with E-state index in [1.807, 2.05) is 27.2 Å². The first kappa shape index (κ1) is 56.7. The van der Waals surface area contributed by atoms with Crippen LogP contribution < -0.4 is 10.2 Å². The van der Waals surface area contributed by atoms with E-state index in [0.717, 1.165) is 89.9 Å². The Balaban J connectivity index is 4.49. The van der Waals surface area contributed by atoms with E-state index in [0.29, 0.717) is 17.4 Å². The standard InChI is InChI=1S/C50H89N2O6P/c1-6-8-10-12-14-16-18-20-22-24-25-26-27-28-30-32-34-36-38-40-42-44-50(54)51-48(47-58-59(55,56)57-46-45-52(3,4)5)49(53)43-41-39-37-35-33-31-29-23-21-19-17-15-13-11-9-7-2/h8,10,14,16,20,22,25-26,28,30,33,35,41,43,48-49,53H,6-7,9,11-13,15,17-19,21,23-24,27,29,31-32,34,36-40,42,44-47H2,1-5H3,(H-,51,54,55,56)/b10-8-,16-14-,22-20-,26-25-,30-28-,35-33+,43-41+. The van der Waals surface area contributed by atoms with Gasteiger partial charge in [0.05, 0.1) is 39.9 Å². The molecule has 0 aliphatic rings. The van der Waals surface area contributed by atoms with Gasteiger partial charge in [0, 0.05) is 6.42 Å². The van der Waals surface area contributed by atoms with E-state index in [2.05, 4.69) is 92.1 Å². The summed E-state index contributed by atoms with van der Waals surface area (Å²) in [6, 6.07) is -0.918. The molecule has 1 amide bonds. The highest BCUT2D eigenvalue weighted by Crippen LogP contribution is 2.38. The van der Waals surface area contributed by atoms with Crippen LogP contribution >= 0.6 is 7.82 Å². The number of aliphatic hydroxyl groups is 1. The minimum atomic E-state index is -4.61. The van der Waals surface area contributed by atoms with Gasteiger partial charge in [-0.15, -0.1) is 0 Å². The van der Waals surface area contributed by atoms with E-state index in [4.69, 9.17) is 9.05 Å². The van der Waals surface area contributed by atoms with Crippen LogP contribution in [0.1, 0.15) is 174 Å². The topological polar surface area (TPSA) is 108 Å². The summed E-state index contributed by atoms with van der Waals surface area (Å²) in [7, 11) is 1.21. The number of hydrogen-bond acceptors (Lipinski definition) is 6. The first-order valence-electron chi connectivity index (χ1n) is 23.4. The number of quaternary nitrogens is 1. The van der Waals surface area contributed by atoms with Crippen LogP contribution in [0.5, 0.6) is 0 Å². The molecule has 0 radical (unpaired) electrons. The van der Waals surface area contributed by atoms with Gasteiger partial charge in [0.15, 0.2) is 0 Å². The number of phosphoric acid groups is 1. The maximum absolute atomic E-state index is 12.9. The van der Waals surface area contributed by atoms with Crippen molar-refractivity contribution in [2.24, 2.45) is 0 Å². The van der Waals surface area contributed by atoms with Crippen molar-refractivity contribution in [1.29, 1.82) is 0 Å². The smallest absolute Gasteiger partial charge is 0.268 e. The van der Waals surface area contributed by atoms with Crippen molar-refractivity contribution in [3.63, 3.8) is 0 Å². The summed E-state index contributed by atoms with van der Waals surface area (Å²) < 4.78 is 23.2. The van der Waals surface area contributed by atoms with Gasteiger partial charge in [-0.2, -0.15) is 0 Å². The Labute approximate surface area is 363 Å². The van der Waals surface area contributed by atoms with Crippen molar-refractivity contribution in [2.75, 3.05) is 40.9 Å². The number of unbranched alkanes of at least 4 members (excludes halogenated alkanes) is 16. The number of likely N-dealkylation sites (N-methyl/N-ethyl adjacent to an activating group) is 1. The molecule has 0 rings (SSSR count). The summed E-state index contributed by atoms with van der Waals surface area (Å²) in [4.78, 5) is 25.3. The average Bonchev–Trinajstić information content (AvgIpc) is 3.19. The van der Waals surface area contributed by atoms with Crippen LogP contribution in [-0.4, -0.2) is 68.5 Å². The molecule has 0 fully saturated rings. The number of rotatable bonds is 41. The number of nitrogens with one attached hydrogen (secondary N) is 1. The van der Waals surface area contributed by atoms with Crippen LogP contribution in [0.15, 0.2) is 85.1 Å². The van der Waals surface area contributed by atoms with Crippen molar-refractivity contribution in [1.82, 2.24) is 5.32 Å². The number of allylic oxidation sites excluding steroid dienone is 13. The fourth-order valence-corrected chi connectivity index (χ4v) is 6.86. The van der Waals surface area contributed by atoms with Crippen molar-refractivity contribution in [3.8, 4) is 0 Å². The molecule has 3 unspecified atom stereocenters. The molecule has 9 heteroatoms. The van der Waals surface area contributed by atoms with Crippen LogP contribution in [0, 0.1) is 0 Å². The minimum Gasteiger partial charge on any atom is -0.756 e. The Morgan fingerprint density at radius 1 is 0.610 bits per heavy atom. The number of amides is 1. The normalized spacial score (nSPS) is 15.0. The number of carbonyl (C=O) groups excluding carboxylic acids is 1. The molecule has 59 heavy (non-hydrogen) atoms. The van der Waals surface area contributed by atoms with Crippen LogP contribution in [0.25, 0.3) is 0 Å². The lowest BCUT2D eigenvalue weighted by molar-refractivity contribution is -0.870. The van der Waals surface area contributed by atoms with Crippen LogP contribution in [0.2, 0.25) is 0 Å². The van der Waals surface area contributed by atoms with Gasteiger partial charge < -0.3 is 28.8 Å². The Morgan fingerprint density at radius 2 is 1.05 bits per heavy atom. The van der Waals surface area contributed by atoms with Gasteiger partial charge in [-0.25, -0.2) is 0 Å². The summed E-state index contributed by atoms with van der Waals surface area (Å²) >= 11 is 0. The third-order valence-electron chi connectivity index (χ3n) is 9.84. The molecule has 340 valence electrons. The molecule has 0 bridgehead atoms. The van der Waals surface area contributed by atoms with Gasteiger partial charge in [-0.05, 0) is 77.0 Å². The number of nitrogens with zero attached hydrogens (tertiary/aromatic N) is 1. The minimum absolute atomic E-state index is 0.0151. The van der Waals surface area contributed by atoms with Crippen molar-refractivity contribution < 1.29 is 32.9 Å². The third kappa shape index (κ3) is 43.6. The second-order valence-corrected chi connectivity index (χ2v) is 18.1. The Bertz CT molecular complexity index is 1230. The van der Waals surface area contributed by atoms with E-state index in [-0.39, 0.29) is 12.5 Å². The van der Waals surface area contributed by atoms with Crippen LogP contribution in [-0.2, 0) is 18.4 Å². The van der Waals surface area contributed by atoms with Gasteiger partial charge >= 0.3 is 0 Å². The Morgan fingerprint density at radius 3 is 1.58 bits per heavy atom. The molecule has 2 N–H and O–H groups in total. The highest BCUT2D eigenvalue weighted by Gasteiger charge is 2.23. The van der Waals surface area contributed by atoms with Gasteiger partial charge in [-0.3, -0.25) is 9.36 Å². The molecule has 0 aliphatic heterocycles. The third-order valence-corrected chi connectivity index (χ3v) is 10.8. The van der Waals surface area contributed by atoms with Crippen LogP contribution in [0.3, 0.4) is 0 Å². The fraction of sp³-hybridized carbons (Fsp3) is 0.700. The van der Waals surface area contributed by atoms with E-state index < -0.39 is 26.6 Å². The van der Waals surface area contributed by atoms with Gasteiger partial charge in [0.25, 0.3) is 7.82 Å². The van der Waals surface area contributed by atoms with E-state index >= 15 is 0 Å². The summed E-state index contributed by atoms with van der Waals surface area (Å²) in [5.41, 5.74) is 0. The zero-order valence-electron chi connectivity index (χ0n) is 38.4. The van der Waals surface area contributed by atoms with Gasteiger partial charge in [0.2, 0.25) is 5.91 Å². The summed E-state index contributed by atoms with van der Waals surface area (Å²) in [5, 5.41) is 13.8. The number of phosphoric ester groups is 1. The first-order valence-corrected chi connectivity index (χ1v) is 24.9. The molecule has 0 aromatic carbocycles. The lowest BCUT2D eigenvalue weighted by Crippen LogP contribution is -2.45. The highest BCUT2D eigenvalue weighted by atomic mass is 31.2. The molecule has 8 nitrogen and oxygen atoms in total. The van der Waals surface area contributed by atoms with Crippen molar-refractivity contribution >= 4 is 13.7 Å². The number of hydrogen-bond donors (Lipinski definition) is 2. The second kappa shape index (κ2) is 41.1. The maximum atomic E-state index is 12.9. The molecule has 0 heterocycles. The molecule has 0 saturated carbocycles. The van der Waals surface area contributed by atoms with Gasteiger partial charge in [0.1, 0.15) is 13.2 Å². The molecule has 0 aromatic heterocycles. The van der Waals surface area contributed by atoms with E-state index in [9.17, 15) is 19.4 Å². The van der Waals surface area contributed by atoms with E-state index in [1.54, 1.807) is 6.08 Å². The summed E-state index contributed by atoms with van der Waals surface area (Å²) in [5.74, 6) is -0.230. The fourth-order valence-electron chi connectivity index (χ4n) is 6.13. The lowest BCUT2D eigenvalue weighted by atomic mass is 10.1.